The standard InChI is InChI=1S/C15H16O2.C12H12O2P.C7H6O2/c16-14(12-7-3-1-4-8-12)11-15(17)13-9-5-2-6-10-13;13-15(14,11-7-3-1-4-8-11)12-9-5-2-6-10-12;8-7(9)6-4-2-1-3-5-6/h1-10,14-17H,11H2;1-10,13-14H;1-5H,(H,8,9)/q;+1;. The van der Waals surface area contributed by atoms with Crippen LogP contribution in [0.5, 0.6) is 0 Å². The lowest BCUT2D eigenvalue weighted by atomic mass is 9.99. The van der Waals surface area contributed by atoms with Gasteiger partial charge in [0.25, 0.3) is 0 Å². The third-order valence-corrected chi connectivity index (χ3v) is 8.10. The number of hydrogen-bond donors (Lipinski definition) is 5. The normalized spacial score (nSPS) is 12.0. The number of aliphatic hydroxyl groups excluding tert-OH is 2. The summed E-state index contributed by atoms with van der Waals surface area (Å²) in [6, 6.07) is 45.0. The van der Waals surface area contributed by atoms with Crippen molar-refractivity contribution >= 4 is 24.3 Å². The third kappa shape index (κ3) is 10.1. The van der Waals surface area contributed by atoms with Gasteiger partial charge in [0, 0.05) is 6.42 Å². The molecule has 0 fully saturated rings. The zero-order valence-corrected chi connectivity index (χ0v) is 23.3. The van der Waals surface area contributed by atoms with Crippen LogP contribution in [-0.4, -0.2) is 31.1 Å². The molecule has 6 nitrogen and oxygen atoms in total. The zero-order valence-electron chi connectivity index (χ0n) is 22.4. The van der Waals surface area contributed by atoms with E-state index >= 15 is 0 Å². The van der Waals surface area contributed by atoms with Gasteiger partial charge in [-0.05, 0) is 47.5 Å². The van der Waals surface area contributed by atoms with Crippen molar-refractivity contribution in [1.82, 2.24) is 0 Å². The smallest absolute Gasteiger partial charge is 0.335 e. The Balaban J connectivity index is 0.000000177. The van der Waals surface area contributed by atoms with Gasteiger partial charge in [-0.1, -0.05) is 115 Å². The van der Waals surface area contributed by atoms with Gasteiger partial charge < -0.3 is 15.3 Å². The Hall–Kier alpha value is -4.16. The van der Waals surface area contributed by atoms with Gasteiger partial charge in [-0.2, -0.15) is 0 Å². The minimum atomic E-state index is -3.15. The number of carboxylic acids is 1. The van der Waals surface area contributed by atoms with Crippen molar-refractivity contribution < 1.29 is 29.9 Å². The van der Waals surface area contributed by atoms with Crippen LogP contribution in [0.4, 0.5) is 0 Å². The molecule has 0 bridgehead atoms. The van der Waals surface area contributed by atoms with Gasteiger partial charge in [-0.25, -0.2) is 14.6 Å². The minimum Gasteiger partial charge on any atom is -0.478 e. The van der Waals surface area contributed by atoms with E-state index in [1.54, 1.807) is 78.9 Å². The molecule has 41 heavy (non-hydrogen) atoms. The van der Waals surface area contributed by atoms with Crippen LogP contribution < -0.4 is 10.6 Å². The molecule has 0 aromatic heterocycles. The lowest BCUT2D eigenvalue weighted by Crippen LogP contribution is -2.20. The fourth-order valence-electron chi connectivity index (χ4n) is 3.84. The van der Waals surface area contributed by atoms with Crippen LogP contribution in [0, 0.1) is 0 Å². The summed E-state index contributed by atoms with van der Waals surface area (Å²) < 4.78 is 0. The lowest BCUT2D eigenvalue weighted by molar-refractivity contribution is 0.0696. The maximum absolute atomic E-state index is 10.2. The SMILES string of the molecule is O=C(O)c1ccccc1.OC(CC(O)c1ccccc1)c1ccccc1.O[P+](O)(c1ccccc1)c1ccccc1. The average molecular weight is 570 g/mol. The van der Waals surface area contributed by atoms with E-state index in [9.17, 15) is 24.8 Å². The molecule has 5 aromatic carbocycles. The van der Waals surface area contributed by atoms with Gasteiger partial charge in [0.2, 0.25) is 0 Å². The molecule has 2 atom stereocenters. The molecule has 0 spiro atoms. The average Bonchev–Trinajstić information content (AvgIpc) is 3.04. The van der Waals surface area contributed by atoms with Crippen LogP contribution in [0.15, 0.2) is 152 Å². The minimum absolute atomic E-state index is 0.314. The van der Waals surface area contributed by atoms with E-state index in [4.69, 9.17) is 5.11 Å². The van der Waals surface area contributed by atoms with Crippen LogP contribution >= 0.6 is 7.72 Å². The molecule has 0 saturated heterocycles. The second kappa shape index (κ2) is 16.2. The molecule has 0 radical (unpaired) electrons. The Labute approximate surface area is 241 Å². The Morgan fingerprint density at radius 2 is 0.805 bits per heavy atom. The monoisotopic (exact) mass is 569 g/mol. The topological polar surface area (TPSA) is 118 Å². The summed E-state index contributed by atoms with van der Waals surface area (Å²) in [7, 11) is -3.15. The molecule has 5 rings (SSSR count). The number of benzene rings is 5. The number of aromatic carboxylic acids is 1. The van der Waals surface area contributed by atoms with Crippen molar-refractivity contribution in [3.63, 3.8) is 0 Å². The van der Waals surface area contributed by atoms with Crippen LogP contribution in [0.1, 0.15) is 40.1 Å². The Kier molecular flexibility index (Phi) is 12.4. The van der Waals surface area contributed by atoms with Crippen molar-refractivity contribution in [2.24, 2.45) is 0 Å². The maximum Gasteiger partial charge on any atom is 0.335 e. The number of hydrogen-bond acceptors (Lipinski definition) is 5. The molecule has 5 N–H and O–H groups in total. The van der Waals surface area contributed by atoms with E-state index in [2.05, 4.69) is 0 Å². The van der Waals surface area contributed by atoms with Crippen LogP contribution in [0.25, 0.3) is 0 Å². The molecule has 0 aliphatic heterocycles. The van der Waals surface area contributed by atoms with E-state index < -0.39 is 25.9 Å². The van der Waals surface area contributed by atoms with Crippen LogP contribution in [-0.2, 0) is 0 Å². The summed E-state index contributed by atoms with van der Waals surface area (Å²) in [5.74, 6) is -0.879. The van der Waals surface area contributed by atoms with Gasteiger partial charge in [0.1, 0.15) is 0 Å². The van der Waals surface area contributed by atoms with Crippen LogP contribution in [0.2, 0.25) is 0 Å². The highest BCUT2D eigenvalue weighted by molar-refractivity contribution is 7.79. The van der Waals surface area contributed by atoms with Gasteiger partial charge in [-0.15, -0.1) is 0 Å². The number of carboxylic acid groups (broad SMARTS) is 1. The summed E-state index contributed by atoms with van der Waals surface area (Å²) >= 11 is 0. The highest BCUT2D eigenvalue weighted by Gasteiger charge is 2.39. The van der Waals surface area contributed by atoms with E-state index in [1.807, 2.05) is 72.8 Å². The van der Waals surface area contributed by atoms with E-state index in [0.717, 1.165) is 11.1 Å². The molecule has 0 saturated carbocycles. The second-order valence-electron chi connectivity index (χ2n) is 9.03. The summed E-state index contributed by atoms with van der Waals surface area (Å²) in [5, 5.41) is 29.5. The molecule has 0 amide bonds. The van der Waals surface area contributed by atoms with Gasteiger partial charge in [0.15, 0.2) is 10.6 Å². The summed E-state index contributed by atoms with van der Waals surface area (Å²) in [4.78, 5) is 30.4. The highest BCUT2D eigenvalue weighted by Crippen LogP contribution is 2.46. The molecule has 2 unspecified atom stereocenters. The molecule has 0 aliphatic rings. The van der Waals surface area contributed by atoms with Gasteiger partial charge in [0.05, 0.1) is 17.8 Å². The van der Waals surface area contributed by atoms with Crippen molar-refractivity contribution in [1.29, 1.82) is 0 Å². The van der Waals surface area contributed by atoms with Crippen molar-refractivity contribution in [3.8, 4) is 0 Å². The summed E-state index contributed by atoms with van der Waals surface area (Å²) in [6.45, 7) is 0. The van der Waals surface area contributed by atoms with Gasteiger partial charge >= 0.3 is 13.7 Å². The number of rotatable bonds is 7. The Bertz CT molecular complexity index is 1330. The fraction of sp³-hybridized carbons (Fsp3) is 0.0882. The first kappa shape index (κ1) is 31.4. The predicted octanol–water partition coefficient (Wildman–Crippen LogP) is 5.70. The molecule has 7 heteroatoms. The third-order valence-electron chi connectivity index (χ3n) is 6.07. The molecular weight excluding hydrogens is 535 g/mol. The first-order valence-electron chi connectivity index (χ1n) is 13.0. The van der Waals surface area contributed by atoms with Crippen molar-refractivity contribution in [2.75, 3.05) is 0 Å². The zero-order chi connectivity index (χ0) is 29.5. The molecule has 0 aliphatic carbocycles. The van der Waals surface area contributed by atoms with E-state index in [0.29, 0.717) is 22.6 Å². The molecule has 5 aromatic rings. The van der Waals surface area contributed by atoms with Crippen molar-refractivity contribution in [2.45, 2.75) is 18.6 Å². The fourth-order valence-corrected chi connectivity index (χ4v) is 5.31. The number of carbonyl (C=O) groups is 1. The van der Waals surface area contributed by atoms with Crippen molar-refractivity contribution in [3.05, 3.63) is 168 Å². The molecular formula is C34H34O6P+. The summed E-state index contributed by atoms with van der Waals surface area (Å²) in [5.41, 5.74) is 2.00. The molecule has 0 heterocycles. The number of aliphatic hydroxyl groups is 2. The largest absolute Gasteiger partial charge is 0.478 e. The predicted molar refractivity (Wildman–Crippen MR) is 164 cm³/mol. The quantitative estimate of drug-likeness (QED) is 0.161. The maximum atomic E-state index is 10.2. The Morgan fingerprint density at radius 1 is 0.512 bits per heavy atom. The van der Waals surface area contributed by atoms with E-state index in [1.165, 1.54) is 0 Å². The van der Waals surface area contributed by atoms with Crippen LogP contribution in [0.3, 0.4) is 0 Å². The molecule has 210 valence electrons. The van der Waals surface area contributed by atoms with Gasteiger partial charge in [-0.3, -0.25) is 0 Å². The highest BCUT2D eigenvalue weighted by atomic mass is 31.2. The van der Waals surface area contributed by atoms with E-state index in [-0.39, 0.29) is 0 Å². The Morgan fingerprint density at radius 3 is 1.10 bits per heavy atom. The first-order chi connectivity index (χ1) is 19.8. The lowest BCUT2D eigenvalue weighted by Gasteiger charge is -2.16. The second-order valence-corrected chi connectivity index (χ2v) is 11.3. The first-order valence-corrected chi connectivity index (χ1v) is 14.7. The summed E-state index contributed by atoms with van der Waals surface area (Å²) in [6.07, 6.45) is -0.952.